The molecule has 1 aliphatic rings. The van der Waals surface area contributed by atoms with Crippen molar-refractivity contribution in [3.05, 3.63) is 69.5 Å². The van der Waals surface area contributed by atoms with Gasteiger partial charge in [-0.3, -0.25) is 4.79 Å². The van der Waals surface area contributed by atoms with Crippen LogP contribution >= 0.6 is 23.2 Å². The zero-order chi connectivity index (χ0) is 26.5. The highest BCUT2D eigenvalue weighted by Gasteiger charge is 2.60. The molecule has 1 saturated heterocycles. The van der Waals surface area contributed by atoms with Gasteiger partial charge in [0.2, 0.25) is 5.91 Å². The summed E-state index contributed by atoms with van der Waals surface area (Å²) in [6.45, 7) is 6.62. The number of halogens is 3. The van der Waals surface area contributed by atoms with E-state index in [1.165, 1.54) is 6.07 Å². The second-order valence-electron chi connectivity index (χ2n) is 10.2. The Kier molecular flexibility index (Phi) is 9.37. The SMILES string of the molecule is CC(C)(C)CC1NC(C(=O)NCCOCCO)C(c2cccc(Cl)c2F)C1(C#N)c1ccc(Cl)cc1. The van der Waals surface area contributed by atoms with Crippen LogP contribution in [0.4, 0.5) is 4.39 Å². The average Bonchev–Trinajstić information content (AvgIpc) is 3.14. The van der Waals surface area contributed by atoms with Crippen LogP contribution in [0.5, 0.6) is 0 Å². The molecule has 2 aromatic carbocycles. The summed E-state index contributed by atoms with van der Waals surface area (Å²) in [5.41, 5.74) is -0.659. The fraction of sp³-hybridized carbons (Fsp3) is 0.481. The van der Waals surface area contributed by atoms with Crippen molar-refractivity contribution in [3.63, 3.8) is 0 Å². The largest absolute Gasteiger partial charge is 0.394 e. The van der Waals surface area contributed by atoms with Crippen LogP contribution in [0.2, 0.25) is 10.0 Å². The van der Waals surface area contributed by atoms with Crippen molar-refractivity contribution in [3.8, 4) is 6.07 Å². The number of hydrogen-bond acceptors (Lipinski definition) is 5. The highest BCUT2D eigenvalue weighted by molar-refractivity contribution is 6.31. The minimum absolute atomic E-state index is 0.0775. The smallest absolute Gasteiger partial charge is 0.237 e. The highest BCUT2D eigenvalue weighted by Crippen LogP contribution is 2.52. The van der Waals surface area contributed by atoms with Crippen molar-refractivity contribution in [1.82, 2.24) is 10.6 Å². The van der Waals surface area contributed by atoms with E-state index in [0.29, 0.717) is 17.0 Å². The van der Waals surface area contributed by atoms with E-state index in [4.69, 9.17) is 33.0 Å². The fourth-order valence-electron chi connectivity index (χ4n) is 5.01. The predicted octanol–water partition coefficient (Wildman–Crippen LogP) is 4.58. The molecule has 0 saturated carbocycles. The van der Waals surface area contributed by atoms with Gasteiger partial charge in [0, 0.05) is 23.5 Å². The molecule has 0 radical (unpaired) electrons. The highest BCUT2D eigenvalue weighted by atomic mass is 35.5. The quantitative estimate of drug-likeness (QED) is 0.408. The standard InChI is InChI=1S/C27H32Cl2FN3O3/c1-26(2,3)15-21-27(16-31,17-7-9-18(28)10-8-17)22(19-5-4-6-20(29)23(19)30)24(33-21)25(35)32-11-13-36-14-12-34/h4-10,21-22,24,33-34H,11-15H2,1-3H3,(H,32,35). The third-order valence-electron chi connectivity index (χ3n) is 6.46. The normalized spacial score (nSPS) is 23.9. The Morgan fingerprint density at radius 3 is 2.53 bits per heavy atom. The summed E-state index contributed by atoms with van der Waals surface area (Å²) in [5.74, 6) is -1.91. The van der Waals surface area contributed by atoms with Crippen LogP contribution in [-0.2, 0) is 14.9 Å². The van der Waals surface area contributed by atoms with Crippen LogP contribution in [0, 0.1) is 22.6 Å². The molecule has 4 atom stereocenters. The number of amides is 1. The zero-order valence-corrected chi connectivity index (χ0v) is 22.2. The lowest BCUT2D eigenvalue weighted by Crippen LogP contribution is -2.46. The van der Waals surface area contributed by atoms with Gasteiger partial charge in [-0.25, -0.2) is 4.39 Å². The molecule has 6 nitrogen and oxygen atoms in total. The van der Waals surface area contributed by atoms with Gasteiger partial charge in [-0.2, -0.15) is 5.26 Å². The summed E-state index contributed by atoms with van der Waals surface area (Å²) in [5, 5.41) is 26.3. The predicted molar refractivity (Wildman–Crippen MR) is 139 cm³/mol. The van der Waals surface area contributed by atoms with E-state index >= 15 is 4.39 Å². The number of aliphatic hydroxyl groups excluding tert-OH is 1. The number of nitrogens with one attached hydrogen (secondary N) is 2. The van der Waals surface area contributed by atoms with E-state index in [1.54, 1.807) is 36.4 Å². The van der Waals surface area contributed by atoms with Gasteiger partial charge in [-0.05, 0) is 41.2 Å². The Labute approximate surface area is 221 Å². The van der Waals surface area contributed by atoms with E-state index in [9.17, 15) is 10.1 Å². The minimum atomic E-state index is -1.29. The number of aliphatic hydroxyl groups is 1. The molecule has 0 aromatic heterocycles. The molecule has 1 fully saturated rings. The number of ether oxygens (including phenoxy) is 1. The van der Waals surface area contributed by atoms with Crippen LogP contribution in [0.25, 0.3) is 0 Å². The third kappa shape index (κ3) is 6.01. The Bertz CT molecular complexity index is 1100. The van der Waals surface area contributed by atoms with Crippen LogP contribution < -0.4 is 10.6 Å². The molecule has 36 heavy (non-hydrogen) atoms. The van der Waals surface area contributed by atoms with Crippen LogP contribution in [0.1, 0.15) is 44.2 Å². The Morgan fingerprint density at radius 1 is 1.22 bits per heavy atom. The van der Waals surface area contributed by atoms with Gasteiger partial charge >= 0.3 is 0 Å². The molecule has 2 aromatic rings. The number of nitriles is 1. The topological polar surface area (TPSA) is 94.4 Å². The first-order valence-electron chi connectivity index (χ1n) is 11.9. The van der Waals surface area contributed by atoms with Crippen LogP contribution in [0.15, 0.2) is 42.5 Å². The molecule has 0 bridgehead atoms. The summed E-state index contributed by atoms with van der Waals surface area (Å²) in [7, 11) is 0. The van der Waals surface area contributed by atoms with E-state index in [0.717, 1.165) is 0 Å². The molecule has 0 spiro atoms. The Hall–Kier alpha value is -2.21. The molecule has 3 N–H and O–H groups in total. The van der Waals surface area contributed by atoms with Crippen molar-refractivity contribution in [2.75, 3.05) is 26.4 Å². The molecule has 1 heterocycles. The van der Waals surface area contributed by atoms with Crippen molar-refractivity contribution in [2.45, 2.75) is 50.6 Å². The van der Waals surface area contributed by atoms with Gasteiger partial charge in [0.1, 0.15) is 11.2 Å². The van der Waals surface area contributed by atoms with Crippen molar-refractivity contribution in [1.29, 1.82) is 5.26 Å². The first kappa shape index (κ1) is 28.4. The first-order valence-corrected chi connectivity index (χ1v) is 12.6. The lowest BCUT2D eigenvalue weighted by Gasteiger charge is -2.37. The van der Waals surface area contributed by atoms with Crippen molar-refractivity contribution < 1.29 is 19.0 Å². The zero-order valence-electron chi connectivity index (χ0n) is 20.7. The molecular formula is C27H32Cl2FN3O3. The van der Waals surface area contributed by atoms with E-state index in [-0.39, 0.29) is 48.3 Å². The molecule has 1 amide bonds. The molecule has 9 heteroatoms. The summed E-state index contributed by atoms with van der Waals surface area (Å²) >= 11 is 12.3. The Morgan fingerprint density at radius 2 is 1.92 bits per heavy atom. The molecule has 3 rings (SSSR count). The van der Waals surface area contributed by atoms with Gasteiger partial charge in [0.05, 0.1) is 37.0 Å². The van der Waals surface area contributed by atoms with Gasteiger partial charge < -0.3 is 20.5 Å². The summed E-state index contributed by atoms with van der Waals surface area (Å²) in [4.78, 5) is 13.5. The van der Waals surface area contributed by atoms with Crippen molar-refractivity contribution in [2.24, 2.45) is 5.41 Å². The number of carbonyl (C=O) groups is 1. The van der Waals surface area contributed by atoms with Gasteiger partial charge in [-0.1, -0.05) is 68.2 Å². The van der Waals surface area contributed by atoms with E-state index < -0.39 is 29.2 Å². The van der Waals surface area contributed by atoms with Gasteiger partial charge in [0.25, 0.3) is 0 Å². The molecule has 194 valence electrons. The maximum atomic E-state index is 15.5. The second kappa shape index (κ2) is 11.9. The monoisotopic (exact) mass is 535 g/mol. The van der Waals surface area contributed by atoms with E-state index in [1.807, 2.05) is 0 Å². The van der Waals surface area contributed by atoms with Gasteiger partial charge in [-0.15, -0.1) is 0 Å². The number of carbonyl (C=O) groups excluding carboxylic acids is 1. The number of nitrogens with zero attached hydrogens (tertiary/aromatic N) is 1. The number of benzene rings is 2. The first-order chi connectivity index (χ1) is 17.0. The minimum Gasteiger partial charge on any atom is -0.394 e. The van der Waals surface area contributed by atoms with Crippen LogP contribution in [-0.4, -0.2) is 49.5 Å². The third-order valence-corrected chi connectivity index (χ3v) is 7.00. The summed E-state index contributed by atoms with van der Waals surface area (Å²) < 4.78 is 20.8. The molecular weight excluding hydrogens is 504 g/mol. The molecule has 1 aliphatic heterocycles. The lowest BCUT2D eigenvalue weighted by atomic mass is 9.63. The number of rotatable bonds is 9. The molecule has 0 aliphatic carbocycles. The maximum Gasteiger partial charge on any atom is 0.237 e. The molecule has 4 unspecified atom stereocenters. The summed E-state index contributed by atoms with van der Waals surface area (Å²) in [6, 6.07) is 12.7. The van der Waals surface area contributed by atoms with E-state index in [2.05, 4.69) is 37.5 Å². The second-order valence-corrected chi connectivity index (χ2v) is 11.0. The Balaban J connectivity index is 2.15. The lowest BCUT2D eigenvalue weighted by molar-refractivity contribution is -0.123. The van der Waals surface area contributed by atoms with Crippen molar-refractivity contribution >= 4 is 29.1 Å². The maximum absolute atomic E-state index is 15.5. The average molecular weight is 536 g/mol. The number of hydrogen-bond donors (Lipinski definition) is 3. The van der Waals surface area contributed by atoms with Gasteiger partial charge in [0.15, 0.2) is 0 Å². The summed E-state index contributed by atoms with van der Waals surface area (Å²) in [6.07, 6.45) is 0.547. The fourth-order valence-corrected chi connectivity index (χ4v) is 5.32. The van der Waals surface area contributed by atoms with Crippen LogP contribution in [0.3, 0.4) is 0 Å².